The third-order valence-electron chi connectivity index (χ3n) is 9.72. The Morgan fingerprint density at radius 1 is 0.680 bits per heavy atom. The molecule has 50 heavy (non-hydrogen) atoms. The topological polar surface area (TPSA) is 127 Å². The van der Waals surface area contributed by atoms with Crippen molar-refractivity contribution >= 4 is 20.0 Å². The Morgan fingerprint density at radius 2 is 1.28 bits per heavy atom. The van der Waals surface area contributed by atoms with Gasteiger partial charge in [0.2, 0.25) is 20.0 Å². The number of rotatable bonds is 11. The highest BCUT2D eigenvalue weighted by atomic mass is 32.2. The van der Waals surface area contributed by atoms with E-state index < -0.39 is 20.0 Å². The number of benzene rings is 3. The van der Waals surface area contributed by atoms with Crippen LogP contribution in [0.5, 0.6) is 5.75 Å². The monoisotopic (exact) mass is 708 g/mol. The summed E-state index contributed by atoms with van der Waals surface area (Å²) in [6.07, 6.45) is 11.5. The van der Waals surface area contributed by atoms with E-state index in [0.717, 1.165) is 59.1 Å². The molecule has 0 radical (unpaired) electrons. The smallest absolute Gasteiger partial charge is 0.241 e. The van der Waals surface area contributed by atoms with Crippen LogP contribution in [0.1, 0.15) is 79.3 Å². The first-order chi connectivity index (χ1) is 24.2. The predicted molar refractivity (Wildman–Crippen MR) is 193 cm³/mol. The van der Waals surface area contributed by atoms with E-state index in [1.54, 1.807) is 48.8 Å². The molecule has 5 aromatic rings. The second-order valence-corrected chi connectivity index (χ2v) is 16.5. The summed E-state index contributed by atoms with van der Waals surface area (Å²) in [6, 6.07) is 26.5. The molecule has 258 valence electrons. The molecule has 0 amide bonds. The normalized spacial score (nSPS) is 19.6. The highest BCUT2D eigenvalue weighted by molar-refractivity contribution is 7.89. The molecule has 2 heterocycles. The Hall–Kier alpha value is -4.42. The van der Waals surface area contributed by atoms with E-state index in [1.165, 1.54) is 0 Å². The molecular weight excluding hydrogens is 669 g/mol. The lowest BCUT2D eigenvalue weighted by molar-refractivity contribution is 0.194. The van der Waals surface area contributed by atoms with Gasteiger partial charge < -0.3 is 4.74 Å². The van der Waals surface area contributed by atoms with Crippen molar-refractivity contribution in [1.29, 1.82) is 0 Å². The molecule has 0 fully saturated rings. The van der Waals surface area contributed by atoms with Crippen molar-refractivity contribution in [3.63, 3.8) is 0 Å². The Morgan fingerprint density at radius 3 is 1.98 bits per heavy atom. The molecule has 4 atom stereocenters. The maximum Gasteiger partial charge on any atom is 0.241 e. The van der Waals surface area contributed by atoms with Crippen molar-refractivity contribution in [1.82, 2.24) is 19.4 Å². The van der Waals surface area contributed by atoms with E-state index in [4.69, 9.17) is 4.74 Å². The van der Waals surface area contributed by atoms with Crippen LogP contribution >= 0.6 is 0 Å². The minimum atomic E-state index is -3.76. The van der Waals surface area contributed by atoms with Crippen molar-refractivity contribution in [2.45, 2.75) is 79.3 Å². The van der Waals surface area contributed by atoms with Crippen molar-refractivity contribution in [3.8, 4) is 16.9 Å². The number of hydrogen-bond acceptors (Lipinski definition) is 7. The van der Waals surface area contributed by atoms with Gasteiger partial charge in [-0.2, -0.15) is 0 Å². The minimum absolute atomic E-state index is 0.122. The molecule has 0 bridgehead atoms. The van der Waals surface area contributed by atoms with Gasteiger partial charge in [-0.1, -0.05) is 42.5 Å². The van der Waals surface area contributed by atoms with E-state index in [0.29, 0.717) is 18.6 Å². The number of fused-ring (bicyclic) bond motifs is 2. The summed E-state index contributed by atoms with van der Waals surface area (Å²) in [5.41, 5.74) is 5.98. The molecule has 2 aliphatic carbocycles. The molecule has 3 aromatic carbocycles. The van der Waals surface area contributed by atoms with Crippen LogP contribution in [0.3, 0.4) is 0 Å². The summed E-state index contributed by atoms with van der Waals surface area (Å²) >= 11 is 0. The van der Waals surface area contributed by atoms with Crippen molar-refractivity contribution in [2.24, 2.45) is 0 Å². The lowest BCUT2D eigenvalue weighted by Gasteiger charge is -2.33. The van der Waals surface area contributed by atoms with Gasteiger partial charge in [-0.3, -0.25) is 9.97 Å². The fourth-order valence-electron chi connectivity index (χ4n) is 7.23. The first kappa shape index (κ1) is 34.0. The number of pyridine rings is 2. The van der Waals surface area contributed by atoms with Gasteiger partial charge in [0.15, 0.2) is 0 Å². The molecule has 0 spiro atoms. The Labute approximate surface area is 294 Å². The second-order valence-electron chi connectivity index (χ2n) is 13.1. The predicted octanol–water partition coefficient (Wildman–Crippen LogP) is 7.25. The molecule has 2 aromatic heterocycles. The molecule has 9 nitrogen and oxygen atoms in total. The Bertz CT molecular complexity index is 2160. The molecule has 4 unspecified atom stereocenters. The fourth-order valence-corrected chi connectivity index (χ4v) is 9.73. The fraction of sp³-hybridized carbons (Fsp3) is 0.282. The summed E-state index contributed by atoms with van der Waals surface area (Å²) in [5, 5.41) is 0. The van der Waals surface area contributed by atoms with Crippen LogP contribution in [0.2, 0.25) is 0 Å². The Kier molecular flexibility index (Phi) is 9.83. The molecule has 11 heteroatoms. The average molecular weight is 709 g/mol. The Balaban J connectivity index is 0.980. The molecule has 0 saturated heterocycles. The number of nitrogens with one attached hydrogen (secondary N) is 2. The lowest BCUT2D eigenvalue weighted by Crippen LogP contribution is -2.32. The highest BCUT2D eigenvalue weighted by Crippen LogP contribution is 2.40. The molecular formula is C39H40N4O5S2. The van der Waals surface area contributed by atoms with Gasteiger partial charge >= 0.3 is 0 Å². The maximum absolute atomic E-state index is 13.5. The van der Waals surface area contributed by atoms with Crippen molar-refractivity contribution < 1.29 is 21.6 Å². The number of aryl methyl sites for hydroxylation is 1. The van der Waals surface area contributed by atoms with Gasteiger partial charge in [-0.05, 0) is 133 Å². The number of ether oxygens (including phenoxy) is 1. The zero-order valence-electron chi connectivity index (χ0n) is 27.8. The van der Waals surface area contributed by atoms with Gasteiger partial charge in [0.05, 0.1) is 15.9 Å². The molecule has 2 aliphatic rings. The number of hydrogen-bond donors (Lipinski definition) is 2. The van der Waals surface area contributed by atoms with Crippen LogP contribution in [-0.2, 0) is 26.5 Å². The zero-order valence-corrected chi connectivity index (χ0v) is 29.4. The molecule has 2 N–H and O–H groups in total. The third-order valence-corrected chi connectivity index (χ3v) is 12.7. The summed E-state index contributed by atoms with van der Waals surface area (Å²) in [4.78, 5) is 8.97. The zero-order chi connectivity index (χ0) is 34.7. The molecule has 0 aliphatic heterocycles. The van der Waals surface area contributed by atoms with Gasteiger partial charge in [-0.25, -0.2) is 26.3 Å². The van der Waals surface area contributed by atoms with Crippen LogP contribution in [0.4, 0.5) is 0 Å². The first-order valence-electron chi connectivity index (χ1n) is 17.0. The highest BCUT2D eigenvalue weighted by Gasteiger charge is 2.32. The van der Waals surface area contributed by atoms with Gasteiger partial charge in [0.25, 0.3) is 0 Å². The van der Waals surface area contributed by atoms with Crippen molar-refractivity contribution in [2.75, 3.05) is 0 Å². The van der Waals surface area contributed by atoms with Crippen LogP contribution in [0.15, 0.2) is 126 Å². The van der Waals surface area contributed by atoms with Crippen LogP contribution in [0.25, 0.3) is 11.1 Å². The largest absolute Gasteiger partial charge is 0.491 e. The van der Waals surface area contributed by atoms with E-state index in [9.17, 15) is 16.8 Å². The summed E-state index contributed by atoms with van der Waals surface area (Å²) in [6.45, 7) is 1.99. The standard InChI is InChI=1S/C39H40N4O5S2/c1-27(48-32-13-17-34(18-14-32)50(46,47)42-38-9-5-8-31-25-40-22-20-35(31)38)24-30-12-19-39(36-21-23-41-26-37(30)36)43-49(44,45)33-15-10-29(11-16-33)28-6-3-2-4-7-28/h2-4,6-7,10-11,13-18,20-23,25-27,30,38-39,42-43H,5,8-9,12,19,24H2,1H3. The third kappa shape index (κ3) is 7.51. The van der Waals surface area contributed by atoms with Crippen LogP contribution in [-0.4, -0.2) is 32.9 Å². The van der Waals surface area contributed by atoms with E-state index in [-0.39, 0.29) is 33.9 Å². The van der Waals surface area contributed by atoms with Crippen LogP contribution < -0.4 is 14.2 Å². The van der Waals surface area contributed by atoms with E-state index >= 15 is 0 Å². The first-order valence-corrected chi connectivity index (χ1v) is 20.0. The quantitative estimate of drug-likeness (QED) is 0.148. The van der Waals surface area contributed by atoms with E-state index in [1.807, 2.05) is 73.9 Å². The van der Waals surface area contributed by atoms with Crippen molar-refractivity contribution in [3.05, 3.63) is 138 Å². The number of nitrogens with zero attached hydrogens (tertiary/aromatic N) is 2. The van der Waals surface area contributed by atoms with E-state index in [2.05, 4.69) is 19.4 Å². The van der Waals surface area contributed by atoms with Gasteiger partial charge in [0.1, 0.15) is 5.75 Å². The van der Waals surface area contributed by atoms with Gasteiger partial charge in [-0.15, -0.1) is 0 Å². The summed E-state index contributed by atoms with van der Waals surface area (Å²) in [5.74, 6) is 0.703. The summed E-state index contributed by atoms with van der Waals surface area (Å²) < 4.78 is 65.5. The maximum atomic E-state index is 13.5. The van der Waals surface area contributed by atoms with Gasteiger partial charge in [0, 0.05) is 36.9 Å². The lowest BCUT2D eigenvalue weighted by atomic mass is 9.79. The molecule has 7 rings (SSSR count). The number of sulfonamides is 2. The minimum Gasteiger partial charge on any atom is -0.491 e. The average Bonchev–Trinajstić information content (AvgIpc) is 3.13. The second kappa shape index (κ2) is 14.4. The number of aromatic nitrogens is 2. The summed E-state index contributed by atoms with van der Waals surface area (Å²) in [7, 11) is -7.50. The molecule has 0 saturated carbocycles. The van der Waals surface area contributed by atoms with Crippen LogP contribution in [0, 0.1) is 0 Å². The SMILES string of the molecule is CC(CC1CCC(NS(=O)(=O)c2ccc(-c3ccccc3)cc2)c2ccncc21)Oc1ccc(S(=O)(=O)NC2CCCc3cnccc32)cc1.